The minimum Gasteiger partial charge on any atom is -0.313 e. The average Bonchev–Trinajstić information content (AvgIpc) is 2.63. The Kier molecular flexibility index (Phi) is 5.94. The van der Waals surface area contributed by atoms with Crippen molar-refractivity contribution in [2.45, 2.75) is 56.6 Å². The van der Waals surface area contributed by atoms with Crippen LogP contribution in [0.5, 0.6) is 0 Å². The molecule has 0 saturated heterocycles. The van der Waals surface area contributed by atoms with Crippen molar-refractivity contribution in [1.29, 1.82) is 0 Å². The van der Waals surface area contributed by atoms with E-state index in [4.69, 9.17) is 0 Å². The molecule has 0 aliphatic heterocycles. The summed E-state index contributed by atoms with van der Waals surface area (Å²) < 4.78 is 0. The first-order valence-corrected chi connectivity index (χ1v) is 7.99. The van der Waals surface area contributed by atoms with Crippen LogP contribution in [0.15, 0.2) is 17.4 Å². The molecule has 2 rings (SSSR count). The number of nitrogens with one attached hydrogen (secondary N) is 1. The third-order valence-electron chi connectivity index (χ3n) is 3.39. The average molecular weight is 265 g/mol. The number of nitrogens with zero attached hydrogens (tertiary/aromatic N) is 2. The Hall–Kier alpha value is -0.610. The molecule has 0 radical (unpaired) electrons. The summed E-state index contributed by atoms with van der Waals surface area (Å²) in [6.07, 6.45) is 10.2. The molecule has 0 amide bonds. The molecular weight excluding hydrogens is 242 g/mol. The van der Waals surface area contributed by atoms with Crippen molar-refractivity contribution in [2.75, 3.05) is 12.3 Å². The number of aromatic nitrogens is 2. The lowest BCUT2D eigenvalue weighted by atomic mass is 10.1. The third-order valence-corrected chi connectivity index (χ3v) is 4.26. The fourth-order valence-electron chi connectivity index (χ4n) is 2.38. The molecule has 1 aromatic rings. The maximum absolute atomic E-state index is 4.40. The van der Waals surface area contributed by atoms with Crippen LogP contribution in [0.2, 0.25) is 0 Å². The van der Waals surface area contributed by atoms with E-state index in [2.05, 4.69) is 15.3 Å². The summed E-state index contributed by atoms with van der Waals surface area (Å²) >= 11 is 1.74. The fourth-order valence-corrected chi connectivity index (χ4v) is 3.13. The largest absolute Gasteiger partial charge is 0.313 e. The van der Waals surface area contributed by atoms with Gasteiger partial charge >= 0.3 is 0 Å². The zero-order chi connectivity index (χ0) is 12.6. The Labute approximate surface area is 114 Å². The van der Waals surface area contributed by atoms with Crippen molar-refractivity contribution >= 4 is 11.8 Å². The maximum atomic E-state index is 4.40. The van der Waals surface area contributed by atoms with Gasteiger partial charge in [0.05, 0.1) is 0 Å². The molecule has 0 unspecified atom stereocenters. The number of rotatable bonds is 5. The second-order valence-corrected chi connectivity index (χ2v) is 6.03. The summed E-state index contributed by atoms with van der Waals surface area (Å²) in [6, 6.07) is 2.68. The monoisotopic (exact) mass is 265 g/mol. The van der Waals surface area contributed by atoms with Crippen LogP contribution in [0, 0.1) is 6.92 Å². The van der Waals surface area contributed by atoms with E-state index in [-0.39, 0.29) is 0 Å². The van der Waals surface area contributed by atoms with E-state index < -0.39 is 0 Å². The van der Waals surface area contributed by atoms with Gasteiger partial charge in [-0.3, -0.25) is 0 Å². The second-order valence-electron chi connectivity index (χ2n) is 4.97. The molecule has 1 aliphatic carbocycles. The van der Waals surface area contributed by atoms with Crippen molar-refractivity contribution in [2.24, 2.45) is 0 Å². The van der Waals surface area contributed by atoms with Gasteiger partial charge in [-0.1, -0.05) is 37.4 Å². The van der Waals surface area contributed by atoms with Crippen LogP contribution in [0.3, 0.4) is 0 Å². The highest BCUT2D eigenvalue weighted by molar-refractivity contribution is 7.99. The topological polar surface area (TPSA) is 37.8 Å². The normalized spacial score (nSPS) is 17.6. The number of hydrogen-bond acceptors (Lipinski definition) is 4. The first kappa shape index (κ1) is 13.8. The smallest absolute Gasteiger partial charge is 0.187 e. The highest BCUT2D eigenvalue weighted by Crippen LogP contribution is 2.17. The number of hydrogen-bond donors (Lipinski definition) is 1. The van der Waals surface area contributed by atoms with Crippen LogP contribution < -0.4 is 5.32 Å². The van der Waals surface area contributed by atoms with E-state index in [0.717, 1.165) is 29.2 Å². The van der Waals surface area contributed by atoms with Gasteiger partial charge in [0.15, 0.2) is 5.16 Å². The molecule has 1 aliphatic rings. The third kappa shape index (κ3) is 4.94. The first-order valence-electron chi connectivity index (χ1n) is 7.00. The van der Waals surface area contributed by atoms with Crippen molar-refractivity contribution < 1.29 is 0 Å². The van der Waals surface area contributed by atoms with Crippen LogP contribution in [0.25, 0.3) is 0 Å². The highest BCUT2D eigenvalue weighted by Gasteiger charge is 2.10. The van der Waals surface area contributed by atoms with E-state index in [0.29, 0.717) is 0 Å². The SMILES string of the molecule is Cc1ccnc(SCCNC2CCCCCC2)n1. The van der Waals surface area contributed by atoms with Gasteiger partial charge in [0.1, 0.15) is 0 Å². The van der Waals surface area contributed by atoms with Crippen LogP contribution in [0.1, 0.15) is 44.2 Å². The lowest BCUT2D eigenvalue weighted by molar-refractivity contribution is 0.474. The summed E-state index contributed by atoms with van der Waals surface area (Å²) in [5.41, 5.74) is 1.05. The van der Waals surface area contributed by atoms with Gasteiger partial charge < -0.3 is 5.32 Å². The van der Waals surface area contributed by atoms with E-state index in [9.17, 15) is 0 Å². The van der Waals surface area contributed by atoms with Gasteiger partial charge in [0.25, 0.3) is 0 Å². The molecule has 1 N–H and O–H groups in total. The minimum absolute atomic E-state index is 0.742. The van der Waals surface area contributed by atoms with E-state index in [1.54, 1.807) is 11.8 Å². The fraction of sp³-hybridized carbons (Fsp3) is 0.714. The Morgan fingerprint density at radius 1 is 1.28 bits per heavy atom. The van der Waals surface area contributed by atoms with Gasteiger partial charge in [-0.05, 0) is 25.8 Å². The molecule has 0 aromatic carbocycles. The Balaban J connectivity index is 1.63. The predicted octanol–water partition coefficient (Wildman–Crippen LogP) is 3.19. The molecule has 0 bridgehead atoms. The molecule has 4 heteroatoms. The lowest BCUT2D eigenvalue weighted by Crippen LogP contribution is -2.30. The van der Waals surface area contributed by atoms with E-state index in [1.165, 1.54) is 38.5 Å². The van der Waals surface area contributed by atoms with Crippen LogP contribution in [-0.2, 0) is 0 Å². The molecule has 0 atom stereocenters. The molecule has 1 aromatic heterocycles. The highest BCUT2D eigenvalue weighted by atomic mass is 32.2. The second kappa shape index (κ2) is 7.74. The molecule has 100 valence electrons. The zero-order valence-corrected chi connectivity index (χ0v) is 12.0. The number of aryl methyl sites for hydroxylation is 1. The summed E-state index contributed by atoms with van der Waals surface area (Å²) in [7, 11) is 0. The van der Waals surface area contributed by atoms with Gasteiger partial charge in [-0.2, -0.15) is 0 Å². The zero-order valence-electron chi connectivity index (χ0n) is 11.2. The number of thioether (sulfide) groups is 1. The molecule has 1 saturated carbocycles. The van der Waals surface area contributed by atoms with Crippen molar-refractivity contribution in [3.05, 3.63) is 18.0 Å². The van der Waals surface area contributed by atoms with Gasteiger partial charge in [0.2, 0.25) is 0 Å². The standard InChI is InChI=1S/C14H23N3S/c1-12-8-9-16-14(17-12)18-11-10-15-13-6-4-2-3-5-7-13/h8-9,13,15H,2-7,10-11H2,1H3. The first-order chi connectivity index (χ1) is 8.84. The molecule has 1 fully saturated rings. The van der Waals surface area contributed by atoms with Crippen molar-refractivity contribution in [3.8, 4) is 0 Å². The summed E-state index contributed by atoms with van der Waals surface area (Å²) in [4.78, 5) is 8.66. The van der Waals surface area contributed by atoms with Crippen LogP contribution in [0.4, 0.5) is 0 Å². The van der Waals surface area contributed by atoms with Crippen molar-refractivity contribution in [3.63, 3.8) is 0 Å². The Bertz CT molecular complexity index is 349. The molecule has 1 heterocycles. The molecule has 3 nitrogen and oxygen atoms in total. The van der Waals surface area contributed by atoms with E-state index in [1.807, 2.05) is 19.2 Å². The summed E-state index contributed by atoms with van der Waals surface area (Å²) in [6.45, 7) is 3.07. The quantitative estimate of drug-likeness (QED) is 0.384. The Morgan fingerprint density at radius 3 is 2.78 bits per heavy atom. The summed E-state index contributed by atoms with van der Waals surface area (Å²) in [5.74, 6) is 1.06. The summed E-state index contributed by atoms with van der Waals surface area (Å²) in [5, 5.41) is 4.57. The molecule has 18 heavy (non-hydrogen) atoms. The van der Waals surface area contributed by atoms with Crippen LogP contribution in [-0.4, -0.2) is 28.3 Å². The molecule has 0 spiro atoms. The molecular formula is C14H23N3S. The minimum atomic E-state index is 0.742. The predicted molar refractivity (Wildman–Crippen MR) is 77.0 cm³/mol. The maximum Gasteiger partial charge on any atom is 0.187 e. The van der Waals surface area contributed by atoms with Gasteiger partial charge in [-0.25, -0.2) is 9.97 Å². The van der Waals surface area contributed by atoms with Crippen LogP contribution >= 0.6 is 11.8 Å². The van der Waals surface area contributed by atoms with E-state index >= 15 is 0 Å². The Morgan fingerprint density at radius 2 is 2.06 bits per heavy atom. The lowest BCUT2D eigenvalue weighted by Gasteiger charge is -2.15. The van der Waals surface area contributed by atoms with Gasteiger partial charge in [-0.15, -0.1) is 0 Å². The van der Waals surface area contributed by atoms with Crippen molar-refractivity contribution in [1.82, 2.24) is 15.3 Å². The van der Waals surface area contributed by atoms with Gasteiger partial charge in [0, 0.05) is 30.2 Å².